The lowest BCUT2D eigenvalue weighted by Crippen LogP contribution is -2.51. The highest BCUT2D eigenvalue weighted by Gasteiger charge is 2.18. The summed E-state index contributed by atoms with van der Waals surface area (Å²) in [5.41, 5.74) is 0. The summed E-state index contributed by atoms with van der Waals surface area (Å²) in [7, 11) is 0. The van der Waals surface area contributed by atoms with Gasteiger partial charge in [-0.15, -0.1) is 11.3 Å². The van der Waals surface area contributed by atoms with Crippen molar-refractivity contribution in [3.63, 3.8) is 0 Å². The van der Waals surface area contributed by atoms with Crippen LogP contribution in [0.5, 0.6) is 0 Å². The number of hydrogen-bond acceptors (Lipinski definition) is 4. The quantitative estimate of drug-likeness (QED) is 0.750. The van der Waals surface area contributed by atoms with Gasteiger partial charge in [-0.2, -0.15) is 0 Å². The van der Waals surface area contributed by atoms with Gasteiger partial charge < -0.3 is 10.2 Å². The third kappa shape index (κ3) is 2.59. The smallest absolute Gasteiger partial charge is 0.322 e. The standard InChI is InChI=1S/C10H13N3O2S/c14-9(8-2-1-7-16-8)12-10(15)13-5-3-11-4-6-13/h1-2,7,11H,3-6H2,(H,12,14,15). The first-order chi connectivity index (χ1) is 7.77. The SMILES string of the molecule is O=C(NC(=O)N1CCNCC1)c1cccs1. The first-order valence-electron chi connectivity index (χ1n) is 5.12. The summed E-state index contributed by atoms with van der Waals surface area (Å²) in [6, 6.07) is 3.18. The molecule has 16 heavy (non-hydrogen) atoms. The van der Waals surface area contributed by atoms with Crippen LogP contribution >= 0.6 is 11.3 Å². The summed E-state index contributed by atoms with van der Waals surface area (Å²) in [6.07, 6.45) is 0. The number of rotatable bonds is 1. The molecule has 1 aliphatic rings. The van der Waals surface area contributed by atoms with Gasteiger partial charge in [0.05, 0.1) is 4.88 Å². The summed E-state index contributed by atoms with van der Waals surface area (Å²) < 4.78 is 0. The first-order valence-corrected chi connectivity index (χ1v) is 6.00. The number of hydrogen-bond donors (Lipinski definition) is 2. The third-order valence-corrected chi connectivity index (χ3v) is 3.24. The van der Waals surface area contributed by atoms with Gasteiger partial charge in [0.1, 0.15) is 0 Å². The van der Waals surface area contributed by atoms with E-state index >= 15 is 0 Å². The van der Waals surface area contributed by atoms with E-state index in [-0.39, 0.29) is 11.9 Å². The van der Waals surface area contributed by atoms with Gasteiger partial charge in [-0.25, -0.2) is 4.79 Å². The summed E-state index contributed by atoms with van der Waals surface area (Å²) in [5, 5.41) is 7.34. The molecule has 1 aliphatic heterocycles. The fourth-order valence-corrected chi connectivity index (χ4v) is 2.13. The number of carbonyl (C=O) groups excluding carboxylic acids is 2. The highest BCUT2D eigenvalue weighted by molar-refractivity contribution is 7.12. The summed E-state index contributed by atoms with van der Waals surface area (Å²) in [5.74, 6) is -0.321. The van der Waals surface area contributed by atoms with Crippen molar-refractivity contribution in [1.82, 2.24) is 15.5 Å². The zero-order valence-corrected chi connectivity index (χ0v) is 9.55. The molecule has 1 aromatic heterocycles. The Morgan fingerprint density at radius 3 is 2.75 bits per heavy atom. The maximum absolute atomic E-state index is 11.7. The second-order valence-electron chi connectivity index (χ2n) is 3.47. The van der Waals surface area contributed by atoms with E-state index < -0.39 is 0 Å². The van der Waals surface area contributed by atoms with Gasteiger partial charge in [0.15, 0.2) is 0 Å². The Morgan fingerprint density at radius 1 is 1.38 bits per heavy atom. The lowest BCUT2D eigenvalue weighted by molar-refractivity contribution is 0.0954. The molecule has 3 amide bonds. The van der Waals surface area contributed by atoms with E-state index in [1.165, 1.54) is 11.3 Å². The van der Waals surface area contributed by atoms with Crippen LogP contribution in [0.4, 0.5) is 4.79 Å². The largest absolute Gasteiger partial charge is 0.324 e. The number of thiophene rings is 1. The van der Waals surface area contributed by atoms with Crippen molar-refractivity contribution in [1.29, 1.82) is 0 Å². The fourth-order valence-electron chi connectivity index (χ4n) is 1.51. The minimum absolute atomic E-state index is 0.306. The molecule has 0 spiro atoms. The van der Waals surface area contributed by atoms with E-state index in [1.54, 1.807) is 17.0 Å². The van der Waals surface area contributed by atoms with Crippen molar-refractivity contribution in [3.05, 3.63) is 22.4 Å². The number of urea groups is 1. The van der Waals surface area contributed by atoms with Crippen molar-refractivity contribution in [2.24, 2.45) is 0 Å². The van der Waals surface area contributed by atoms with Crippen molar-refractivity contribution in [2.45, 2.75) is 0 Å². The number of nitrogens with zero attached hydrogens (tertiary/aromatic N) is 1. The second kappa shape index (κ2) is 5.09. The second-order valence-corrected chi connectivity index (χ2v) is 4.42. The van der Waals surface area contributed by atoms with E-state index in [4.69, 9.17) is 0 Å². The number of amides is 3. The van der Waals surface area contributed by atoms with Crippen LogP contribution in [-0.2, 0) is 0 Å². The highest BCUT2D eigenvalue weighted by atomic mass is 32.1. The molecule has 2 rings (SSSR count). The molecule has 0 aromatic carbocycles. The van der Waals surface area contributed by atoms with Gasteiger partial charge in [0, 0.05) is 26.2 Å². The zero-order chi connectivity index (χ0) is 11.4. The molecule has 5 nitrogen and oxygen atoms in total. The maximum atomic E-state index is 11.7. The normalized spacial score (nSPS) is 15.9. The number of carbonyl (C=O) groups is 2. The number of imide groups is 1. The fraction of sp³-hybridized carbons (Fsp3) is 0.400. The molecule has 2 heterocycles. The van der Waals surface area contributed by atoms with Gasteiger partial charge >= 0.3 is 6.03 Å². The van der Waals surface area contributed by atoms with Crippen LogP contribution in [0.15, 0.2) is 17.5 Å². The van der Waals surface area contributed by atoms with Crippen LogP contribution in [0.2, 0.25) is 0 Å². The van der Waals surface area contributed by atoms with E-state index in [9.17, 15) is 9.59 Å². The molecule has 1 saturated heterocycles. The molecule has 86 valence electrons. The van der Waals surface area contributed by atoms with Gasteiger partial charge in [0.2, 0.25) is 0 Å². The lowest BCUT2D eigenvalue weighted by atomic mass is 10.4. The Bertz CT molecular complexity index is 371. The Morgan fingerprint density at radius 2 is 2.12 bits per heavy atom. The lowest BCUT2D eigenvalue weighted by Gasteiger charge is -2.26. The molecule has 1 fully saturated rings. The molecule has 0 bridgehead atoms. The minimum Gasteiger partial charge on any atom is -0.322 e. The summed E-state index contributed by atoms with van der Waals surface area (Å²) in [6.45, 7) is 2.84. The van der Waals surface area contributed by atoms with Crippen LogP contribution in [0.25, 0.3) is 0 Å². The van der Waals surface area contributed by atoms with E-state index in [0.29, 0.717) is 18.0 Å². The van der Waals surface area contributed by atoms with Crippen LogP contribution in [0, 0.1) is 0 Å². The van der Waals surface area contributed by atoms with Gasteiger partial charge in [-0.05, 0) is 11.4 Å². The topological polar surface area (TPSA) is 61.4 Å². The summed E-state index contributed by atoms with van der Waals surface area (Å²) in [4.78, 5) is 25.5. The van der Waals surface area contributed by atoms with Crippen molar-refractivity contribution >= 4 is 23.3 Å². The molecular formula is C10H13N3O2S. The highest BCUT2D eigenvalue weighted by Crippen LogP contribution is 2.08. The number of piperazine rings is 1. The van der Waals surface area contributed by atoms with E-state index in [1.807, 2.05) is 5.38 Å². The van der Waals surface area contributed by atoms with Gasteiger partial charge in [-0.1, -0.05) is 6.07 Å². The molecule has 6 heteroatoms. The molecular weight excluding hydrogens is 226 g/mol. The predicted octanol–water partition coefficient (Wildman–Crippen LogP) is 0.503. The first kappa shape index (κ1) is 11.1. The minimum atomic E-state index is -0.321. The van der Waals surface area contributed by atoms with Gasteiger partial charge in [0.25, 0.3) is 5.91 Å². The average molecular weight is 239 g/mol. The van der Waals surface area contributed by atoms with Crippen molar-refractivity contribution in [2.75, 3.05) is 26.2 Å². The Labute approximate surface area is 97.4 Å². The molecule has 0 radical (unpaired) electrons. The Hall–Kier alpha value is -1.40. The van der Waals surface area contributed by atoms with E-state index in [0.717, 1.165) is 13.1 Å². The predicted molar refractivity (Wildman–Crippen MR) is 61.6 cm³/mol. The molecule has 0 saturated carbocycles. The molecule has 0 atom stereocenters. The van der Waals surface area contributed by atoms with Crippen LogP contribution in [0.3, 0.4) is 0 Å². The molecule has 0 aliphatic carbocycles. The Balaban J connectivity index is 1.89. The molecule has 1 aromatic rings. The van der Waals surface area contributed by atoms with E-state index in [2.05, 4.69) is 10.6 Å². The van der Waals surface area contributed by atoms with Crippen LogP contribution < -0.4 is 10.6 Å². The molecule has 2 N–H and O–H groups in total. The maximum Gasteiger partial charge on any atom is 0.324 e. The molecule has 0 unspecified atom stereocenters. The van der Waals surface area contributed by atoms with Crippen molar-refractivity contribution in [3.8, 4) is 0 Å². The zero-order valence-electron chi connectivity index (χ0n) is 8.73. The van der Waals surface area contributed by atoms with Crippen LogP contribution in [0.1, 0.15) is 9.67 Å². The average Bonchev–Trinajstić information content (AvgIpc) is 2.83. The van der Waals surface area contributed by atoms with Crippen LogP contribution in [-0.4, -0.2) is 43.0 Å². The van der Waals surface area contributed by atoms with Crippen molar-refractivity contribution < 1.29 is 9.59 Å². The number of nitrogens with one attached hydrogen (secondary N) is 2. The monoisotopic (exact) mass is 239 g/mol. The Kier molecular flexibility index (Phi) is 3.53. The third-order valence-electron chi connectivity index (χ3n) is 2.37. The van der Waals surface area contributed by atoms with Gasteiger partial charge in [-0.3, -0.25) is 10.1 Å². The summed E-state index contributed by atoms with van der Waals surface area (Å²) >= 11 is 1.32.